The van der Waals surface area contributed by atoms with E-state index in [1.165, 1.54) is 12.1 Å². The van der Waals surface area contributed by atoms with Crippen molar-refractivity contribution >= 4 is 21.8 Å². The molecule has 0 amide bonds. The van der Waals surface area contributed by atoms with Gasteiger partial charge in [-0.3, -0.25) is 4.39 Å². The van der Waals surface area contributed by atoms with Crippen LogP contribution in [0.25, 0.3) is 38.8 Å². The first-order chi connectivity index (χ1) is 20.5. The minimum absolute atomic E-state index is 0.143. The van der Waals surface area contributed by atoms with Gasteiger partial charge in [-0.15, -0.1) is 0 Å². The minimum Gasteiger partial charge on any atom is -0.333 e. The average Bonchev–Trinajstić information content (AvgIpc) is 3.54. The first kappa shape index (κ1) is 27.7. The lowest BCUT2D eigenvalue weighted by atomic mass is 10.0. The lowest BCUT2D eigenvalue weighted by Gasteiger charge is -2.15. The molecule has 0 atom stereocenters. The number of fused-ring (bicyclic) bond motifs is 3. The van der Waals surface area contributed by atoms with Gasteiger partial charge in [-0.05, 0) is 80.4 Å². The number of hydrogen-bond acceptors (Lipinski definition) is 2. The van der Waals surface area contributed by atoms with Crippen molar-refractivity contribution in [3.05, 3.63) is 119 Å². The smallest absolute Gasteiger partial charge is 0.157 e. The number of aromatic nitrogens is 3. The lowest BCUT2D eigenvalue weighted by Crippen LogP contribution is -2.19. The molecule has 0 saturated carbocycles. The van der Waals surface area contributed by atoms with Gasteiger partial charge in [0.2, 0.25) is 0 Å². The van der Waals surface area contributed by atoms with E-state index in [0.29, 0.717) is 53.3 Å². The van der Waals surface area contributed by atoms with Gasteiger partial charge >= 0.3 is 0 Å². The first-order valence-corrected chi connectivity index (χ1v) is 14.0. The molecule has 2 heterocycles. The van der Waals surface area contributed by atoms with E-state index in [4.69, 9.17) is 0 Å². The van der Waals surface area contributed by atoms with Crippen LogP contribution in [0.4, 0.5) is 17.6 Å². The summed E-state index contributed by atoms with van der Waals surface area (Å²) in [6, 6.07) is 23.3. The predicted molar refractivity (Wildman–Crippen MR) is 159 cm³/mol. The van der Waals surface area contributed by atoms with Crippen LogP contribution < -0.4 is 5.32 Å². The molecule has 0 spiro atoms. The number of nitrogens with one attached hydrogen (secondary N) is 1. The molecule has 0 aliphatic carbocycles. The van der Waals surface area contributed by atoms with Crippen molar-refractivity contribution in [1.82, 2.24) is 19.7 Å². The summed E-state index contributed by atoms with van der Waals surface area (Å²) < 4.78 is 63.3. The van der Waals surface area contributed by atoms with Crippen molar-refractivity contribution in [2.24, 2.45) is 0 Å². The van der Waals surface area contributed by atoms with E-state index in [1.54, 1.807) is 21.5 Å². The number of rotatable bonds is 10. The zero-order chi connectivity index (χ0) is 29.2. The van der Waals surface area contributed by atoms with Gasteiger partial charge < -0.3 is 9.88 Å². The zero-order valence-corrected chi connectivity index (χ0v) is 23.2. The standard InChI is InChI=1S/C34H30F4N4/c1-22-8-5-6-11-25(22)34-33(38)32-26-20-40-42(24-9-3-2-4-10-24)30(26)12-13-31(32)41(34)21-27-28(36)18-23(19-29(27)37)14-17-39-16-7-15-35/h2-6,8-13,18-20,39H,7,14-17,21H2,1H3. The number of benzene rings is 4. The summed E-state index contributed by atoms with van der Waals surface area (Å²) >= 11 is 0. The summed E-state index contributed by atoms with van der Waals surface area (Å²) in [5.41, 5.74) is 4.19. The Bertz CT molecular complexity index is 1850. The Morgan fingerprint density at radius 1 is 0.833 bits per heavy atom. The fraction of sp³-hybridized carbons (Fsp3) is 0.206. The van der Waals surface area contributed by atoms with Gasteiger partial charge in [0.25, 0.3) is 0 Å². The second-order valence-electron chi connectivity index (χ2n) is 10.4. The monoisotopic (exact) mass is 570 g/mol. The van der Waals surface area contributed by atoms with Crippen LogP contribution in [0.2, 0.25) is 0 Å². The molecule has 4 aromatic carbocycles. The third-order valence-corrected chi connectivity index (χ3v) is 7.71. The van der Waals surface area contributed by atoms with E-state index in [2.05, 4.69) is 10.4 Å². The Balaban J connectivity index is 1.47. The topological polar surface area (TPSA) is 34.8 Å². The molecular weight excluding hydrogens is 540 g/mol. The van der Waals surface area contributed by atoms with E-state index in [1.807, 2.05) is 67.6 Å². The van der Waals surface area contributed by atoms with Gasteiger partial charge in [0.15, 0.2) is 5.82 Å². The van der Waals surface area contributed by atoms with Gasteiger partial charge in [-0.1, -0.05) is 42.5 Å². The molecule has 0 bridgehead atoms. The van der Waals surface area contributed by atoms with Gasteiger partial charge in [0.1, 0.15) is 11.6 Å². The maximum atomic E-state index is 16.6. The molecule has 1 N–H and O–H groups in total. The molecule has 2 aromatic heterocycles. The highest BCUT2D eigenvalue weighted by Gasteiger charge is 2.25. The molecular formula is C34H30F4N4. The Morgan fingerprint density at radius 3 is 2.29 bits per heavy atom. The normalized spacial score (nSPS) is 11.6. The SMILES string of the molecule is Cc1ccccc1-c1c(F)c2c3cnn(-c4ccccc4)c3ccc2n1Cc1c(F)cc(CCNCCCF)cc1F. The van der Waals surface area contributed by atoms with Crippen LogP contribution in [0.3, 0.4) is 0 Å². The molecule has 6 rings (SSSR count). The Morgan fingerprint density at radius 2 is 1.55 bits per heavy atom. The number of nitrogens with zero attached hydrogens (tertiary/aromatic N) is 3. The second-order valence-corrected chi connectivity index (χ2v) is 10.4. The minimum atomic E-state index is -0.690. The Hall–Kier alpha value is -4.43. The van der Waals surface area contributed by atoms with Crippen LogP contribution in [-0.2, 0) is 13.0 Å². The summed E-state index contributed by atoms with van der Waals surface area (Å²) in [5.74, 6) is -1.84. The van der Waals surface area contributed by atoms with Crippen molar-refractivity contribution in [1.29, 1.82) is 0 Å². The van der Waals surface area contributed by atoms with E-state index >= 15 is 13.2 Å². The molecule has 42 heavy (non-hydrogen) atoms. The van der Waals surface area contributed by atoms with Crippen molar-refractivity contribution in [3.63, 3.8) is 0 Å². The fourth-order valence-electron chi connectivity index (χ4n) is 5.60. The van der Waals surface area contributed by atoms with Gasteiger partial charge in [0, 0.05) is 21.9 Å². The highest BCUT2D eigenvalue weighted by Crippen LogP contribution is 2.39. The van der Waals surface area contributed by atoms with E-state index in [9.17, 15) is 4.39 Å². The van der Waals surface area contributed by atoms with Crippen molar-refractivity contribution in [2.45, 2.75) is 26.3 Å². The van der Waals surface area contributed by atoms with Crippen LogP contribution >= 0.6 is 0 Å². The maximum absolute atomic E-state index is 16.6. The first-order valence-electron chi connectivity index (χ1n) is 14.0. The molecule has 214 valence electrons. The third kappa shape index (κ3) is 5.07. The van der Waals surface area contributed by atoms with Crippen molar-refractivity contribution < 1.29 is 17.6 Å². The van der Waals surface area contributed by atoms with E-state index in [-0.39, 0.29) is 17.8 Å². The molecule has 0 aliphatic heterocycles. The molecule has 0 saturated heterocycles. The number of hydrogen-bond donors (Lipinski definition) is 1. The summed E-state index contributed by atoms with van der Waals surface area (Å²) in [6.45, 7) is 2.26. The predicted octanol–water partition coefficient (Wildman–Crippen LogP) is 7.91. The number of aryl methyl sites for hydroxylation is 1. The zero-order valence-electron chi connectivity index (χ0n) is 23.2. The van der Waals surface area contributed by atoms with Crippen LogP contribution in [0.5, 0.6) is 0 Å². The van der Waals surface area contributed by atoms with Gasteiger partial charge in [0.05, 0.1) is 41.8 Å². The largest absolute Gasteiger partial charge is 0.333 e. The highest BCUT2D eigenvalue weighted by atomic mass is 19.1. The number of halogens is 4. The van der Waals surface area contributed by atoms with Gasteiger partial charge in [-0.2, -0.15) is 5.10 Å². The summed E-state index contributed by atoms with van der Waals surface area (Å²) in [7, 11) is 0. The molecule has 0 radical (unpaired) electrons. The lowest BCUT2D eigenvalue weighted by molar-refractivity contribution is 0.460. The Kier molecular flexibility index (Phi) is 7.80. The van der Waals surface area contributed by atoms with Gasteiger partial charge in [-0.25, -0.2) is 17.9 Å². The molecule has 6 aromatic rings. The summed E-state index contributed by atoms with van der Waals surface area (Å²) in [5, 5.41) is 8.58. The van der Waals surface area contributed by atoms with Crippen LogP contribution in [-0.4, -0.2) is 34.1 Å². The molecule has 4 nitrogen and oxygen atoms in total. The summed E-state index contributed by atoms with van der Waals surface area (Å²) in [6.07, 6.45) is 2.43. The summed E-state index contributed by atoms with van der Waals surface area (Å²) in [4.78, 5) is 0. The highest BCUT2D eigenvalue weighted by molar-refractivity contribution is 6.08. The van der Waals surface area contributed by atoms with Crippen LogP contribution in [0.1, 0.15) is 23.1 Å². The fourth-order valence-corrected chi connectivity index (χ4v) is 5.60. The van der Waals surface area contributed by atoms with E-state index < -0.39 is 24.1 Å². The third-order valence-electron chi connectivity index (χ3n) is 7.71. The van der Waals surface area contributed by atoms with Crippen LogP contribution in [0, 0.1) is 24.4 Å². The molecule has 0 aliphatic rings. The van der Waals surface area contributed by atoms with Crippen molar-refractivity contribution in [2.75, 3.05) is 19.8 Å². The maximum Gasteiger partial charge on any atom is 0.157 e. The average molecular weight is 571 g/mol. The quantitative estimate of drug-likeness (QED) is 0.134. The number of alkyl halides is 1. The number of para-hydroxylation sites is 1. The molecule has 8 heteroatoms. The Labute approximate surface area is 241 Å². The van der Waals surface area contributed by atoms with E-state index in [0.717, 1.165) is 16.8 Å². The molecule has 0 fully saturated rings. The molecule has 0 unspecified atom stereocenters. The van der Waals surface area contributed by atoms with Crippen LogP contribution in [0.15, 0.2) is 85.1 Å². The second kappa shape index (κ2) is 11.8. The van der Waals surface area contributed by atoms with Crippen molar-refractivity contribution in [3.8, 4) is 16.9 Å².